The molecule has 1 unspecified atom stereocenters. The van der Waals surface area contributed by atoms with Crippen LogP contribution >= 0.6 is 0 Å². The third-order valence-corrected chi connectivity index (χ3v) is 1.46. The molecule has 0 rings (SSSR count). The van der Waals surface area contributed by atoms with E-state index in [2.05, 4.69) is 32.9 Å². The molecule has 0 aromatic heterocycles. The molecule has 10 heavy (non-hydrogen) atoms. The first-order valence-electron chi connectivity index (χ1n) is 4.03. The quantitative estimate of drug-likeness (QED) is 0.597. The van der Waals surface area contributed by atoms with Crippen LogP contribution in [0, 0.1) is 11.8 Å². The molecule has 60 valence electrons. The summed E-state index contributed by atoms with van der Waals surface area (Å²) >= 11 is 0. The largest absolute Gasteiger partial charge is 0.330 e. The highest BCUT2D eigenvalue weighted by Crippen LogP contribution is 2.02. The van der Waals surface area contributed by atoms with Gasteiger partial charge in [-0.2, -0.15) is 0 Å². The number of hydrogen-bond donors (Lipinski definition) is 1. The second kappa shape index (κ2) is 5.48. The van der Waals surface area contributed by atoms with Gasteiger partial charge in [-0.1, -0.05) is 32.9 Å². The van der Waals surface area contributed by atoms with Gasteiger partial charge in [-0.25, -0.2) is 0 Å². The van der Waals surface area contributed by atoms with Gasteiger partial charge in [-0.3, -0.25) is 0 Å². The smallest absolute Gasteiger partial charge is 0.00485 e. The zero-order valence-electron chi connectivity index (χ0n) is 7.30. The van der Waals surface area contributed by atoms with Crippen molar-refractivity contribution < 1.29 is 0 Å². The topological polar surface area (TPSA) is 26.0 Å². The molecule has 0 heterocycles. The van der Waals surface area contributed by atoms with Gasteiger partial charge in [0.25, 0.3) is 0 Å². The highest BCUT2D eigenvalue weighted by atomic mass is 14.5. The van der Waals surface area contributed by atoms with Crippen LogP contribution in [-0.4, -0.2) is 6.54 Å². The summed E-state index contributed by atoms with van der Waals surface area (Å²) < 4.78 is 0. The van der Waals surface area contributed by atoms with Crippen molar-refractivity contribution in [2.24, 2.45) is 17.6 Å². The zero-order chi connectivity index (χ0) is 7.98. The normalized spacial score (nSPS) is 14.9. The van der Waals surface area contributed by atoms with Gasteiger partial charge >= 0.3 is 0 Å². The Balaban J connectivity index is 3.33. The maximum atomic E-state index is 5.46. The van der Waals surface area contributed by atoms with E-state index in [4.69, 9.17) is 5.73 Å². The third-order valence-electron chi connectivity index (χ3n) is 1.46. The van der Waals surface area contributed by atoms with Crippen LogP contribution in [0.25, 0.3) is 0 Å². The lowest BCUT2D eigenvalue weighted by Gasteiger charge is -2.02. The van der Waals surface area contributed by atoms with E-state index in [0.29, 0.717) is 11.8 Å². The molecule has 0 aromatic carbocycles. The van der Waals surface area contributed by atoms with E-state index in [9.17, 15) is 0 Å². The summed E-state index contributed by atoms with van der Waals surface area (Å²) in [6.07, 6.45) is 5.57. The fraction of sp³-hybridized carbons (Fsp3) is 0.778. The predicted molar refractivity (Wildman–Crippen MR) is 46.8 cm³/mol. The van der Waals surface area contributed by atoms with Crippen LogP contribution < -0.4 is 5.73 Å². The zero-order valence-corrected chi connectivity index (χ0v) is 7.30. The second-order valence-corrected chi connectivity index (χ2v) is 3.25. The molecule has 0 aromatic rings. The molecule has 0 aliphatic carbocycles. The Bertz CT molecular complexity index is 94.9. The Labute approximate surface area is 64.3 Å². The molecule has 0 saturated heterocycles. The molecule has 0 spiro atoms. The van der Waals surface area contributed by atoms with Crippen molar-refractivity contribution in [1.29, 1.82) is 0 Å². The predicted octanol–water partition coefficient (Wildman–Crippen LogP) is 2.18. The average Bonchev–Trinajstić information content (AvgIpc) is 1.87. The van der Waals surface area contributed by atoms with Gasteiger partial charge in [-0.15, -0.1) is 0 Å². The minimum absolute atomic E-state index is 0.634. The first-order valence-corrected chi connectivity index (χ1v) is 4.03. The Hall–Kier alpha value is -0.300. The lowest BCUT2D eigenvalue weighted by atomic mass is 10.1. The van der Waals surface area contributed by atoms with Gasteiger partial charge in [0.15, 0.2) is 0 Å². The fourth-order valence-corrected chi connectivity index (χ4v) is 0.679. The summed E-state index contributed by atoms with van der Waals surface area (Å²) in [6, 6.07) is 0. The van der Waals surface area contributed by atoms with Crippen LogP contribution in [0.1, 0.15) is 27.2 Å². The van der Waals surface area contributed by atoms with E-state index in [1.165, 1.54) is 0 Å². The van der Waals surface area contributed by atoms with Crippen molar-refractivity contribution in [3.8, 4) is 0 Å². The van der Waals surface area contributed by atoms with Crippen LogP contribution in [0.15, 0.2) is 12.2 Å². The maximum Gasteiger partial charge on any atom is -0.00485 e. The Morgan fingerprint density at radius 1 is 1.30 bits per heavy atom. The maximum absolute atomic E-state index is 5.46. The summed E-state index contributed by atoms with van der Waals surface area (Å²) in [4.78, 5) is 0. The Kier molecular flexibility index (Phi) is 5.32. The van der Waals surface area contributed by atoms with Crippen LogP contribution in [0.5, 0.6) is 0 Å². The first-order chi connectivity index (χ1) is 4.66. The number of rotatable bonds is 4. The van der Waals surface area contributed by atoms with Crippen LogP contribution in [-0.2, 0) is 0 Å². The monoisotopic (exact) mass is 141 g/mol. The molecule has 0 aliphatic rings. The lowest BCUT2D eigenvalue weighted by Crippen LogP contribution is -2.09. The van der Waals surface area contributed by atoms with E-state index >= 15 is 0 Å². The van der Waals surface area contributed by atoms with Crippen molar-refractivity contribution in [2.45, 2.75) is 27.2 Å². The minimum Gasteiger partial charge on any atom is -0.330 e. The SMILES string of the molecule is CC(C)C=CCC(C)CN. The molecule has 1 atom stereocenters. The molecule has 0 fully saturated rings. The van der Waals surface area contributed by atoms with Crippen molar-refractivity contribution in [1.82, 2.24) is 0 Å². The van der Waals surface area contributed by atoms with Crippen molar-refractivity contribution >= 4 is 0 Å². The van der Waals surface area contributed by atoms with Crippen LogP contribution in [0.4, 0.5) is 0 Å². The molecule has 0 saturated carbocycles. The molecule has 0 amide bonds. The van der Waals surface area contributed by atoms with Gasteiger partial charge in [0, 0.05) is 0 Å². The molecule has 0 aliphatic heterocycles. The number of allylic oxidation sites excluding steroid dienone is 2. The first kappa shape index (κ1) is 9.70. The number of nitrogens with two attached hydrogens (primary N) is 1. The van der Waals surface area contributed by atoms with Crippen molar-refractivity contribution in [3.05, 3.63) is 12.2 Å². The van der Waals surface area contributed by atoms with E-state index in [-0.39, 0.29) is 0 Å². The van der Waals surface area contributed by atoms with Gasteiger partial charge in [-0.05, 0) is 24.8 Å². The summed E-state index contributed by atoms with van der Waals surface area (Å²) in [5.41, 5.74) is 5.46. The van der Waals surface area contributed by atoms with Gasteiger partial charge in [0.1, 0.15) is 0 Å². The Morgan fingerprint density at radius 3 is 2.30 bits per heavy atom. The fourth-order valence-electron chi connectivity index (χ4n) is 0.679. The summed E-state index contributed by atoms with van der Waals surface area (Å²) in [5, 5.41) is 0. The van der Waals surface area contributed by atoms with E-state index < -0.39 is 0 Å². The molecule has 0 bridgehead atoms. The number of hydrogen-bond acceptors (Lipinski definition) is 1. The van der Waals surface area contributed by atoms with Crippen molar-refractivity contribution in [2.75, 3.05) is 6.54 Å². The van der Waals surface area contributed by atoms with Gasteiger partial charge < -0.3 is 5.73 Å². The lowest BCUT2D eigenvalue weighted by molar-refractivity contribution is 0.603. The summed E-state index contributed by atoms with van der Waals surface area (Å²) in [5.74, 6) is 1.31. The van der Waals surface area contributed by atoms with Crippen LogP contribution in [0.3, 0.4) is 0 Å². The molecular formula is C9H19N. The molecule has 1 heteroatoms. The van der Waals surface area contributed by atoms with Crippen LogP contribution in [0.2, 0.25) is 0 Å². The molecule has 1 nitrogen and oxygen atoms in total. The standard InChI is InChI=1S/C9H19N/c1-8(2)5-4-6-9(3)7-10/h4-5,8-9H,6-7,10H2,1-3H3. The molecular weight excluding hydrogens is 122 g/mol. The van der Waals surface area contributed by atoms with E-state index in [1.54, 1.807) is 0 Å². The third kappa shape index (κ3) is 5.83. The highest BCUT2D eigenvalue weighted by molar-refractivity contribution is 4.85. The average molecular weight is 141 g/mol. The van der Waals surface area contributed by atoms with Gasteiger partial charge in [0.05, 0.1) is 0 Å². The van der Waals surface area contributed by atoms with Gasteiger partial charge in [0.2, 0.25) is 0 Å². The summed E-state index contributed by atoms with van der Waals surface area (Å²) in [7, 11) is 0. The summed E-state index contributed by atoms with van der Waals surface area (Å²) in [6.45, 7) is 7.33. The molecule has 0 radical (unpaired) electrons. The second-order valence-electron chi connectivity index (χ2n) is 3.25. The molecule has 2 N–H and O–H groups in total. The van der Waals surface area contributed by atoms with Crippen molar-refractivity contribution in [3.63, 3.8) is 0 Å². The Morgan fingerprint density at radius 2 is 1.90 bits per heavy atom. The van der Waals surface area contributed by atoms with E-state index in [1.807, 2.05) is 0 Å². The highest BCUT2D eigenvalue weighted by Gasteiger charge is 1.93. The minimum atomic E-state index is 0.634. The van der Waals surface area contributed by atoms with E-state index in [0.717, 1.165) is 13.0 Å².